The fourth-order valence-corrected chi connectivity index (χ4v) is 2.85. The van der Waals surface area contributed by atoms with Gasteiger partial charge in [0, 0.05) is 18.4 Å². The van der Waals surface area contributed by atoms with Gasteiger partial charge in [-0.2, -0.15) is 0 Å². The number of carbonyl (C=O) groups excluding carboxylic acids is 1. The van der Waals surface area contributed by atoms with Crippen LogP contribution in [0.4, 0.5) is 5.69 Å². The van der Waals surface area contributed by atoms with E-state index in [1.165, 1.54) is 44.2 Å². The van der Waals surface area contributed by atoms with Gasteiger partial charge in [-0.1, -0.05) is 18.6 Å². The molecule has 0 bridgehead atoms. The smallest absolute Gasteiger partial charge is 0.274 e. The van der Waals surface area contributed by atoms with Crippen LogP contribution < -0.4 is 5.32 Å². The number of carbonyl (C=O) groups is 1. The standard InChI is InChI=1S/C18H22N4O/c23-18(17-8-10-19-14-20-17)21-16-6-4-15(5-7-16)9-13-22-11-2-1-3-12-22/h4-8,10,14H,1-3,9,11-13H2,(H,21,23). The number of likely N-dealkylation sites (tertiary alicyclic amines) is 1. The van der Waals surface area contributed by atoms with E-state index in [0.29, 0.717) is 5.69 Å². The van der Waals surface area contributed by atoms with Gasteiger partial charge >= 0.3 is 0 Å². The zero-order valence-electron chi connectivity index (χ0n) is 13.2. The first-order valence-electron chi connectivity index (χ1n) is 8.20. The van der Waals surface area contributed by atoms with Crippen LogP contribution in [0.25, 0.3) is 0 Å². The molecule has 0 aliphatic carbocycles. The molecular weight excluding hydrogens is 288 g/mol. The predicted molar refractivity (Wildman–Crippen MR) is 90.4 cm³/mol. The van der Waals surface area contributed by atoms with E-state index in [4.69, 9.17) is 0 Å². The van der Waals surface area contributed by atoms with E-state index in [1.54, 1.807) is 12.3 Å². The third kappa shape index (κ3) is 4.60. The minimum absolute atomic E-state index is 0.214. The van der Waals surface area contributed by atoms with E-state index in [-0.39, 0.29) is 5.91 Å². The van der Waals surface area contributed by atoms with Crippen LogP contribution in [-0.4, -0.2) is 40.4 Å². The van der Waals surface area contributed by atoms with E-state index < -0.39 is 0 Å². The zero-order chi connectivity index (χ0) is 15.9. The van der Waals surface area contributed by atoms with Crippen molar-refractivity contribution in [3.8, 4) is 0 Å². The summed E-state index contributed by atoms with van der Waals surface area (Å²) >= 11 is 0. The molecule has 0 radical (unpaired) electrons. The summed E-state index contributed by atoms with van der Waals surface area (Å²) in [6, 6.07) is 9.66. The summed E-state index contributed by atoms with van der Waals surface area (Å²) in [7, 11) is 0. The van der Waals surface area contributed by atoms with Gasteiger partial charge < -0.3 is 10.2 Å². The average Bonchev–Trinajstić information content (AvgIpc) is 2.63. The van der Waals surface area contributed by atoms with E-state index in [9.17, 15) is 4.79 Å². The minimum atomic E-state index is -0.214. The first-order valence-corrected chi connectivity index (χ1v) is 8.20. The van der Waals surface area contributed by atoms with E-state index in [1.807, 2.05) is 12.1 Å². The molecule has 1 amide bonds. The van der Waals surface area contributed by atoms with Gasteiger partial charge in [-0.15, -0.1) is 0 Å². The molecule has 1 aliphatic heterocycles. The Hall–Kier alpha value is -2.27. The minimum Gasteiger partial charge on any atom is -0.321 e. The lowest BCUT2D eigenvalue weighted by atomic mass is 10.1. The van der Waals surface area contributed by atoms with Gasteiger partial charge in [-0.3, -0.25) is 4.79 Å². The highest BCUT2D eigenvalue weighted by atomic mass is 16.1. The molecule has 120 valence electrons. The van der Waals surface area contributed by atoms with Crippen LogP contribution in [0.2, 0.25) is 0 Å². The number of piperidine rings is 1. The van der Waals surface area contributed by atoms with Crippen molar-refractivity contribution in [1.29, 1.82) is 0 Å². The Morgan fingerprint density at radius 2 is 1.87 bits per heavy atom. The number of hydrogen-bond donors (Lipinski definition) is 1. The van der Waals surface area contributed by atoms with Crippen LogP contribution in [-0.2, 0) is 6.42 Å². The molecule has 1 aliphatic rings. The third-order valence-electron chi connectivity index (χ3n) is 4.19. The molecule has 0 saturated carbocycles. The van der Waals surface area contributed by atoms with Gasteiger partial charge in [0.15, 0.2) is 0 Å². The number of hydrogen-bond acceptors (Lipinski definition) is 4. The Balaban J connectivity index is 1.51. The van der Waals surface area contributed by atoms with Gasteiger partial charge in [-0.25, -0.2) is 9.97 Å². The second-order valence-corrected chi connectivity index (χ2v) is 5.90. The molecule has 0 unspecified atom stereocenters. The summed E-state index contributed by atoms with van der Waals surface area (Å²) in [5.74, 6) is -0.214. The van der Waals surface area contributed by atoms with Crippen molar-refractivity contribution in [2.24, 2.45) is 0 Å². The molecule has 1 saturated heterocycles. The van der Waals surface area contributed by atoms with Crippen molar-refractivity contribution in [3.05, 3.63) is 54.1 Å². The third-order valence-corrected chi connectivity index (χ3v) is 4.19. The fourth-order valence-electron chi connectivity index (χ4n) is 2.85. The number of nitrogens with one attached hydrogen (secondary N) is 1. The van der Waals surface area contributed by atoms with Gasteiger partial charge in [-0.05, 0) is 56.1 Å². The van der Waals surface area contributed by atoms with Crippen molar-refractivity contribution < 1.29 is 4.79 Å². The molecule has 23 heavy (non-hydrogen) atoms. The number of aromatic nitrogens is 2. The normalized spacial score (nSPS) is 15.3. The van der Waals surface area contributed by atoms with Crippen LogP contribution in [0.5, 0.6) is 0 Å². The number of benzene rings is 1. The molecule has 1 N–H and O–H groups in total. The van der Waals surface area contributed by atoms with Gasteiger partial charge in [0.2, 0.25) is 0 Å². The zero-order valence-corrected chi connectivity index (χ0v) is 13.2. The Kier molecular flexibility index (Phi) is 5.32. The number of amides is 1. The monoisotopic (exact) mass is 310 g/mol. The van der Waals surface area contributed by atoms with Crippen molar-refractivity contribution in [3.63, 3.8) is 0 Å². The summed E-state index contributed by atoms with van der Waals surface area (Å²) in [6.45, 7) is 3.58. The number of rotatable bonds is 5. The molecule has 1 aromatic carbocycles. The Morgan fingerprint density at radius 1 is 1.09 bits per heavy atom. The van der Waals surface area contributed by atoms with Crippen molar-refractivity contribution in [2.45, 2.75) is 25.7 Å². The van der Waals surface area contributed by atoms with Gasteiger partial charge in [0.05, 0.1) is 0 Å². The van der Waals surface area contributed by atoms with Crippen molar-refractivity contribution in [2.75, 3.05) is 25.0 Å². The molecule has 5 heteroatoms. The number of nitrogens with zero attached hydrogens (tertiary/aromatic N) is 3. The molecule has 1 aromatic heterocycles. The molecule has 5 nitrogen and oxygen atoms in total. The summed E-state index contributed by atoms with van der Waals surface area (Å²) in [4.78, 5) is 22.3. The van der Waals surface area contributed by atoms with Crippen LogP contribution in [0.15, 0.2) is 42.9 Å². The van der Waals surface area contributed by atoms with Gasteiger partial charge in [0.25, 0.3) is 5.91 Å². The summed E-state index contributed by atoms with van der Waals surface area (Å²) < 4.78 is 0. The van der Waals surface area contributed by atoms with Gasteiger partial charge in [0.1, 0.15) is 12.0 Å². The molecular formula is C18H22N4O. The highest BCUT2D eigenvalue weighted by Gasteiger charge is 2.10. The highest BCUT2D eigenvalue weighted by Crippen LogP contribution is 2.13. The molecule has 2 heterocycles. The first kappa shape index (κ1) is 15.6. The van der Waals surface area contributed by atoms with Crippen molar-refractivity contribution in [1.82, 2.24) is 14.9 Å². The summed E-state index contributed by atoms with van der Waals surface area (Å²) in [6.07, 6.45) is 8.02. The Morgan fingerprint density at radius 3 is 2.57 bits per heavy atom. The average molecular weight is 310 g/mol. The lowest BCUT2D eigenvalue weighted by Crippen LogP contribution is -2.31. The maximum Gasteiger partial charge on any atom is 0.274 e. The predicted octanol–water partition coefficient (Wildman–Crippen LogP) is 2.76. The SMILES string of the molecule is O=C(Nc1ccc(CCN2CCCCC2)cc1)c1ccncn1. The summed E-state index contributed by atoms with van der Waals surface area (Å²) in [5, 5.41) is 2.85. The summed E-state index contributed by atoms with van der Waals surface area (Å²) in [5.41, 5.74) is 2.46. The van der Waals surface area contributed by atoms with Crippen molar-refractivity contribution >= 4 is 11.6 Å². The maximum atomic E-state index is 12.0. The van der Waals surface area contributed by atoms with E-state index >= 15 is 0 Å². The fraction of sp³-hybridized carbons (Fsp3) is 0.389. The molecule has 2 aromatic rings. The molecule has 0 atom stereocenters. The quantitative estimate of drug-likeness (QED) is 0.922. The molecule has 0 spiro atoms. The lowest BCUT2D eigenvalue weighted by Gasteiger charge is -2.26. The number of anilines is 1. The second-order valence-electron chi connectivity index (χ2n) is 5.90. The van der Waals surface area contributed by atoms with Crippen LogP contribution in [0.3, 0.4) is 0 Å². The maximum absolute atomic E-state index is 12.0. The van der Waals surface area contributed by atoms with Crippen LogP contribution in [0, 0.1) is 0 Å². The van der Waals surface area contributed by atoms with E-state index in [0.717, 1.165) is 18.7 Å². The highest BCUT2D eigenvalue weighted by molar-refractivity contribution is 6.02. The van der Waals surface area contributed by atoms with Crippen LogP contribution >= 0.6 is 0 Å². The Labute approximate surface area is 136 Å². The largest absolute Gasteiger partial charge is 0.321 e. The molecule has 3 rings (SSSR count). The van der Waals surface area contributed by atoms with Crippen LogP contribution in [0.1, 0.15) is 35.3 Å². The molecule has 1 fully saturated rings. The second kappa shape index (κ2) is 7.83. The topological polar surface area (TPSA) is 58.1 Å². The van der Waals surface area contributed by atoms with E-state index in [2.05, 4.69) is 32.3 Å². The Bertz CT molecular complexity index is 621. The lowest BCUT2D eigenvalue weighted by molar-refractivity contribution is 0.102. The first-order chi connectivity index (χ1) is 11.3.